The van der Waals surface area contributed by atoms with Crippen LogP contribution < -0.4 is 10.0 Å². The molecule has 1 heterocycles. The smallest absolute Gasteiger partial charge is 0.255 e. The van der Waals surface area contributed by atoms with E-state index in [2.05, 4.69) is 10.0 Å². The quantitative estimate of drug-likeness (QED) is 0.431. The van der Waals surface area contributed by atoms with E-state index in [-0.39, 0.29) is 28.7 Å². The Morgan fingerprint density at radius 3 is 2.38 bits per heavy atom. The first-order valence-corrected chi connectivity index (χ1v) is 14.4. The normalized spacial score (nSPS) is 18.1. The molecule has 4 rings (SSSR count). The Kier molecular flexibility index (Phi) is 8.29. The number of nitrogens with zero attached hydrogens (tertiary/aromatic N) is 1. The summed E-state index contributed by atoms with van der Waals surface area (Å²) in [6, 6.07) is 17.5. The predicted octanol–water partition coefficient (Wildman–Crippen LogP) is 5.11. The molecule has 7 nitrogen and oxygen atoms in total. The summed E-state index contributed by atoms with van der Waals surface area (Å²) in [4.78, 5) is 27.4. The van der Waals surface area contributed by atoms with Gasteiger partial charge in [-0.05, 0) is 49.4 Å². The van der Waals surface area contributed by atoms with E-state index >= 15 is 0 Å². The van der Waals surface area contributed by atoms with Crippen LogP contribution in [0.2, 0.25) is 0 Å². The van der Waals surface area contributed by atoms with Gasteiger partial charge in [0.15, 0.2) is 0 Å². The van der Waals surface area contributed by atoms with Crippen molar-refractivity contribution in [3.05, 3.63) is 71.8 Å². The van der Waals surface area contributed by atoms with E-state index in [1.54, 1.807) is 30.3 Å². The molecule has 0 saturated carbocycles. The van der Waals surface area contributed by atoms with Gasteiger partial charge >= 0.3 is 0 Å². The van der Waals surface area contributed by atoms with Gasteiger partial charge < -0.3 is 10.2 Å². The van der Waals surface area contributed by atoms with Crippen LogP contribution >= 0.6 is 0 Å². The fraction of sp³-hybridized carbons (Fsp3) is 0.379. The zero-order valence-corrected chi connectivity index (χ0v) is 22.5. The second kappa shape index (κ2) is 11.4. The summed E-state index contributed by atoms with van der Waals surface area (Å²) in [5, 5.41) is 4.15. The molecule has 0 spiro atoms. The first kappa shape index (κ1) is 26.8. The van der Waals surface area contributed by atoms with E-state index in [0.29, 0.717) is 48.0 Å². The van der Waals surface area contributed by atoms with Crippen molar-refractivity contribution in [3.8, 4) is 0 Å². The number of hydrogen-bond donors (Lipinski definition) is 2. The van der Waals surface area contributed by atoms with Gasteiger partial charge in [-0.3, -0.25) is 9.59 Å². The van der Waals surface area contributed by atoms with Crippen molar-refractivity contribution < 1.29 is 18.0 Å². The molecule has 37 heavy (non-hydrogen) atoms. The molecule has 1 aliphatic heterocycles. The molecule has 196 valence electrons. The molecule has 2 unspecified atom stereocenters. The number of piperidine rings is 1. The van der Waals surface area contributed by atoms with Crippen LogP contribution in [0.5, 0.6) is 0 Å². The lowest BCUT2D eigenvalue weighted by Gasteiger charge is -2.38. The molecule has 0 radical (unpaired) electrons. The maximum Gasteiger partial charge on any atom is 0.255 e. The predicted molar refractivity (Wildman–Crippen MR) is 147 cm³/mol. The van der Waals surface area contributed by atoms with Crippen LogP contribution in [-0.4, -0.2) is 44.3 Å². The third kappa shape index (κ3) is 5.86. The first-order chi connectivity index (χ1) is 17.7. The molecule has 1 saturated heterocycles. The van der Waals surface area contributed by atoms with Gasteiger partial charge in [0.05, 0.1) is 4.90 Å². The fourth-order valence-corrected chi connectivity index (χ4v) is 6.64. The highest BCUT2D eigenvalue weighted by Gasteiger charge is 2.33. The Hall–Kier alpha value is -3.23. The molecule has 0 aliphatic carbocycles. The van der Waals surface area contributed by atoms with Crippen molar-refractivity contribution in [1.29, 1.82) is 0 Å². The van der Waals surface area contributed by atoms with Crippen molar-refractivity contribution in [2.24, 2.45) is 5.92 Å². The number of anilines is 1. The van der Waals surface area contributed by atoms with Crippen LogP contribution in [0.3, 0.4) is 0 Å². The number of hydrogen-bond acceptors (Lipinski definition) is 4. The van der Waals surface area contributed by atoms with Gasteiger partial charge in [0.25, 0.3) is 5.91 Å². The van der Waals surface area contributed by atoms with Crippen LogP contribution in [0, 0.1) is 12.8 Å². The summed E-state index contributed by atoms with van der Waals surface area (Å²) < 4.78 is 30.2. The maximum absolute atomic E-state index is 13.6. The Morgan fingerprint density at radius 1 is 0.973 bits per heavy atom. The molecular weight excluding hydrogens is 486 g/mol. The molecule has 3 aromatic carbocycles. The lowest BCUT2D eigenvalue weighted by atomic mass is 9.90. The van der Waals surface area contributed by atoms with Crippen LogP contribution in [0.1, 0.15) is 55.5 Å². The average molecular weight is 522 g/mol. The molecule has 0 bridgehead atoms. The summed E-state index contributed by atoms with van der Waals surface area (Å²) in [6.07, 6.45) is 2.67. The number of fused-ring (bicyclic) bond motifs is 1. The maximum atomic E-state index is 13.6. The van der Waals surface area contributed by atoms with Crippen LogP contribution in [0.25, 0.3) is 10.8 Å². The number of likely N-dealkylation sites (tertiary alicyclic amines) is 1. The monoisotopic (exact) mass is 521 g/mol. The highest BCUT2D eigenvalue weighted by Crippen LogP contribution is 2.31. The van der Waals surface area contributed by atoms with Gasteiger partial charge in [-0.2, -0.15) is 0 Å². The Balaban J connectivity index is 1.59. The van der Waals surface area contributed by atoms with Crippen molar-refractivity contribution in [3.63, 3.8) is 0 Å². The van der Waals surface area contributed by atoms with Crippen molar-refractivity contribution in [2.45, 2.75) is 57.4 Å². The topological polar surface area (TPSA) is 95.6 Å². The van der Waals surface area contributed by atoms with Crippen molar-refractivity contribution in [2.75, 3.05) is 18.4 Å². The van der Waals surface area contributed by atoms with E-state index in [9.17, 15) is 18.0 Å². The minimum absolute atomic E-state index is 0.0447. The Labute approximate surface area is 219 Å². The van der Waals surface area contributed by atoms with Crippen LogP contribution in [-0.2, 0) is 14.8 Å². The molecule has 1 fully saturated rings. The highest BCUT2D eigenvalue weighted by atomic mass is 32.2. The van der Waals surface area contributed by atoms with E-state index in [1.165, 1.54) is 0 Å². The van der Waals surface area contributed by atoms with Gasteiger partial charge in [0, 0.05) is 47.6 Å². The minimum Gasteiger partial charge on any atom is -0.342 e. The lowest BCUT2D eigenvalue weighted by Crippen LogP contribution is -2.52. The lowest BCUT2D eigenvalue weighted by molar-refractivity contribution is -0.133. The zero-order chi connectivity index (χ0) is 26.6. The van der Waals surface area contributed by atoms with Gasteiger partial charge in [-0.15, -0.1) is 0 Å². The second-order valence-electron chi connectivity index (χ2n) is 9.70. The van der Waals surface area contributed by atoms with Gasteiger partial charge in [0.2, 0.25) is 15.9 Å². The van der Waals surface area contributed by atoms with E-state index in [4.69, 9.17) is 0 Å². The first-order valence-electron chi connectivity index (χ1n) is 12.9. The number of sulfonamides is 1. The number of amides is 2. The van der Waals surface area contributed by atoms with E-state index in [0.717, 1.165) is 18.4 Å². The largest absolute Gasteiger partial charge is 0.342 e. The standard InChI is InChI=1S/C29H35N3O4S/c1-4-10-28(33)32-18-17-25(21(5-2)19-32)31-37(35,36)27-16-15-26(23-13-8-9-14-24(23)27)30-29(34)22-12-7-6-11-20(22)3/h6-9,11-16,21,25,31H,4-5,10,17-19H2,1-3H3,(H,30,34). The van der Waals surface area contributed by atoms with Gasteiger partial charge in [0.1, 0.15) is 0 Å². The average Bonchev–Trinajstić information content (AvgIpc) is 2.89. The van der Waals surface area contributed by atoms with Crippen LogP contribution in [0.4, 0.5) is 5.69 Å². The molecular formula is C29H35N3O4S. The number of carbonyl (C=O) groups excluding carboxylic acids is 2. The molecule has 2 atom stereocenters. The summed E-state index contributed by atoms with van der Waals surface area (Å²) >= 11 is 0. The fourth-order valence-electron chi connectivity index (χ4n) is 5.09. The Morgan fingerprint density at radius 2 is 1.68 bits per heavy atom. The van der Waals surface area contributed by atoms with Crippen molar-refractivity contribution in [1.82, 2.24) is 9.62 Å². The molecule has 3 aromatic rings. The summed E-state index contributed by atoms with van der Waals surface area (Å²) in [5.74, 6) is -0.0630. The van der Waals surface area contributed by atoms with E-state index in [1.807, 2.05) is 56.0 Å². The van der Waals surface area contributed by atoms with Gasteiger partial charge in [-0.25, -0.2) is 13.1 Å². The SMILES string of the molecule is CCCC(=O)N1CCC(NS(=O)(=O)c2ccc(NC(=O)c3ccccc3C)c3ccccc23)C(CC)C1. The third-order valence-corrected chi connectivity index (χ3v) is 8.74. The summed E-state index contributed by atoms with van der Waals surface area (Å²) in [5.41, 5.74) is 1.98. The molecule has 8 heteroatoms. The van der Waals surface area contributed by atoms with E-state index < -0.39 is 10.0 Å². The van der Waals surface area contributed by atoms with Crippen molar-refractivity contribution >= 4 is 38.3 Å². The zero-order valence-electron chi connectivity index (χ0n) is 21.7. The molecule has 1 aliphatic rings. The van der Waals surface area contributed by atoms with Crippen LogP contribution in [0.15, 0.2) is 65.6 Å². The molecule has 0 aromatic heterocycles. The second-order valence-corrected chi connectivity index (χ2v) is 11.4. The number of carbonyl (C=O) groups is 2. The highest BCUT2D eigenvalue weighted by molar-refractivity contribution is 7.89. The number of nitrogens with one attached hydrogen (secondary N) is 2. The molecule has 2 N–H and O–H groups in total. The minimum atomic E-state index is -3.85. The summed E-state index contributed by atoms with van der Waals surface area (Å²) in [7, 11) is -3.85. The summed E-state index contributed by atoms with van der Waals surface area (Å²) in [6.45, 7) is 7.00. The van der Waals surface area contributed by atoms with Gasteiger partial charge in [-0.1, -0.05) is 62.7 Å². The number of aryl methyl sites for hydroxylation is 1. The number of rotatable bonds is 8. The third-order valence-electron chi connectivity index (χ3n) is 7.19. The number of benzene rings is 3. The molecule has 2 amide bonds. The Bertz CT molecular complexity index is 1400.